The molecule has 2 aliphatic heterocycles. The first-order chi connectivity index (χ1) is 7.75. The van der Waals surface area contributed by atoms with E-state index in [0.29, 0.717) is 13.1 Å². The minimum absolute atomic E-state index is 0.225. The molecule has 1 N–H and O–H groups in total. The lowest BCUT2D eigenvalue weighted by Gasteiger charge is -2.23. The Kier molecular flexibility index (Phi) is 4.18. The molecule has 0 aromatic heterocycles. The Morgan fingerprint density at radius 1 is 1.12 bits per heavy atom. The van der Waals surface area contributed by atoms with Crippen molar-refractivity contribution in [3.8, 4) is 0 Å². The molecule has 2 heterocycles. The topological polar surface area (TPSA) is 43.8 Å². The molecule has 0 spiro atoms. The second-order valence-corrected chi connectivity index (χ2v) is 4.97. The van der Waals surface area contributed by atoms with Crippen LogP contribution in [0.4, 0.5) is 0 Å². The van der Waals surface area contributed by atoms with Crippen molar-refractivity contribution in [2.24, 2.45) is 0 Å². The highest BCUT2D eigenvalue weighted by Crippen LogP contribution is 2.12. The van der Waals surface area contributed by atoms with Crippen LogP contribution < -0.4 is 0 Å². The summed E-state index contributed by atoms with van der Waals surface area (Å²) in [5.74, 6) is 0.246. The Bertz CT molecular complexity index is 237. The maximum absolute atomic E-state index is 12.0. The van der Waals surface area contributed by atoms with E-state index in [1.165, 1.54) is 12.8 Å². The molecule has 0 saturated carbocycles. The van der Waals surface area contributed by atoms with Crippen LogP contribution in [0.1, 0.15) is 32.1 Å². The monoisotopic (exact) mass is 226 g/mol. The molecule has 16 heavy (non-hydrogen) atoms. The van der Waals surface area contributed by atoms with Crippen LogP contribution in [0.25, 0.3) is 0 Å². The third-order valence-electron chi connectivity index (χ3n) is 3.57. The number of hydrogen-bond donors (Lipinski definition) is 1. The first kappa shape index (κ1) is 11.9. The summed E-state index contributed by atoms with van der Waals surface area (Å²) in [4.78, 5) is 16.1. The maximum Gasteiger partial charge on any atom is 0.236 e. The van der Waals surface area contributed by atoms with E-state index in [0.717, 1.165) is 38.9 Å². The Hall–Kier alpha value is -0.610. The molecule has 0 unspecified atom stereocenters. The molecule has 0 aromatic carbocycles. The van der Waals surface area contributed by atoms with Gasteiger partial charge in [0.1, 0.15) is 0 Å². The first-order valence-electron chi connectivity index (χ1n) is 6.44. The van der Waals surface area contributed by atoms with Crippen LogP contribution in [0.5, 0.6) is 0 Å². The van der Waals surface area contributed by atoms with Gasteiger partial charge in [0.05, 0.1) is 12.6 Å². The molecular formula is C12H22N2O2. The number of carbonyl (C=O) groups excluding carboxylic acids is 1. The van der Waals surface area contributed by atoms with Crippen molar-refractivity contribution in [1.29, 1.82) is 0 Å². The van der Waals surface area contributed by atoms with Crippen molar-refractivity contribution in [1.82, 2.24) is 9.80 Å². The van der Waals surface area contributed by atoms with Gasteiger partial charge in [-0.1, -0.05) is 12.8 Å². The van der Waals surface area contributed by atoms with Gasteiger partial charge in [-0.25, -0.2) is 0 Å². The molecule has 1 atom stereocenters. The van der Waals surface area contributed by atoms with Gasteiger partial charge in [0.2, 0.25) is 5.91 Å². The summed E-state index contributed by atoms with van der Waals surface area (Å²) in [6, 6.07) is 0. The second-order valence-electron chi connectivity index (χ2n) is 4.97. The predicted octanol–water partition coefficient (Wildman–Crippen LogP) is 0.456. The lowest BCUT2D eigenvalue weighted by molar-refractivity contribution is -0.132. The zero-order valence-corrected chi connectivity index (χ0v) is 9.90. The number of carbonyl (C=O) groups is 1. The van der Waals surface area contributed by atoms with Crippen molar-refractivity contribution in [2.75, 3.05) is 32.7 Å². The van der Waals surface area contributed by atoms with Gasteiger partial charge in [0, 0.05) is 26.2 Å². The van der Waals surface area contributed by atoms with E-state index in [9.17, 15) is 9.90 Å². The van der Waals surface area contributed by atoms with E-state index in [1.807, 2.05) is 4.90 Å². The Labute approximate surface area is 97.2 Å². The van der Waals surface area contributed by atoms with Crippen LogP contribution in [0, 0.1) is 0 Å². The summed E-state index contributed by atoms with van der Waals surface area (Å²) in [7, 11) is 0. The highest BCUT2D eigenvalue weighted by atomic mass is 16.3. The van der Waals surface area contributed by atoms with Crippen molar-refractivity contribution in [3.05, 3.63) is 0 Å². The van der Waals surface area contributed by atoms with E-state index >= 15 is 0 Å². The van der Waals surface area contributed by atoms with E-state index in [1.54, 1.807) is 0 Å². The fourth-order valence-electron chi connectivity index (χ4n) is 2.57. The van der Waals surface area contributed by atoms with E-state index in [-0.39, 0.29) is 12.0 Å². The Balaban J connectivity index is 1.77. The van der Waals surface area contributed by atoms with Crippen LogP contribution in [0.3, 0.4) is 0 Å². The largest absolute Gasteiger partial charge is 0.392 e. The lowest BCUT2D eigenvalue weighted by atomic mass is 10.2. The normalized spacial score (nSPS) is 28.1. The third-order valence-corrected chi connectivity index (χ3v) is 3.57. The first-order valence-corrected chi connectivity index (χ1v) is 6.44. The van der Waals surface area contributed by atoms with Crippen LogP contribution in [0.2, 0.25) is 0 Å². The minimum Gasteiger partial charge on any atom is -0.392 e. The zero-order valence-electron chi connectivity index (χ0n) is 9.90. The molecular weight excluding hydrogens is 204 g/mol. The van der Waals surface area contributed by atoms with E-state index in [2.05, 4.69) is 4.90 Å². The quantitative estimate of drug-likeness (QED) is 0.744. The molecule has 1 amide bonds. The number of rotatable bonds is 2. The van der Waals surface area contributed by atoms with Gasteiger partial charge in [-0.2, -0.15) is 0 Å². The van der Waals surface area contributed by atoms with Crippen LogP contribution in [-0.2, 0) is 4.79 Å². The predicted molar refractivity (Wildman–Crippen MR) is 62.1 cm³/mol. The molecule has 0 bridgehead atoms. The van der Waals surface area contributed by atoms with E-state index < -0.39 is 0 Å². The molecule has 2 rings (SSSR count). The molecule has 2 aliphatic rings. The number of hydrogen-bond acceptors (Lipinski definition) is 3. The van der Waals surface area contributed by atoms with Gasteiger partial charge < -0.3 is 10.0 Å². The number of likely N-dealkylation sites (tertiary alicyclic amines) is 2. The van der Waals surface area contributed by atoms with Crippen molar-refractivity contribution in [3.63, 3.8) is 0 Å². The standard InChI is InChI=1S/C12H22N2O2/c15-11-5-8-13(9-11)10-12(16)14-6-3-1-2-4-7-14/h11,15H,1-10H2/t11-/m1/s1. The van der Waals surface area contributed by atoms with Gasteiger partial charge in [0.25, 0.3) is 0 Å². The molecule has 4 heteroatoms. The maximum atomic E-state index is 12.0. The lowest BCUT2D eigenvalue weighted by Crippen LogP contribution is -2.40. The highest BCUT2D eigenvalue weighted by Gasteiger charge is 2.24. The number of β-amino-alcohol motifs (C(OH)–C–C–N with tert-alkyl or cyclic N) is 1. The summed E-state index contributed by atoms with van der Waals surface area (Å²) in [5.41, 5.74) is 0. The van der Waals surface area contributed by atoms with Gasteiger partial charge in [0.15, 0.2) is 0 Å². The summed E-state index contributed by atoms with van der Waals surface area (Å²) in [6.45, 7) is 3.88. The number of amides is 1. The fraction of sp³-hybridized carbons (Fsp3) is 0.917. The summed E-state index contributed by atoms with van der Waals surface area (Å²) in [5, 5.41) is 9.40. The van der Waals surface area contributed by atoms with Crippen molar-refractivity contribution >= 4 is 5.91 Å². The highest BCUT2D eigenvalue weighted by molar-refractivity contribution is 5.78. The van der Waals surface area contributed by atoms with Crippen LogP contribution >= 0.6 is 0 Å². The summed E-state index contributed by atoms with van der Waals surface area (Å²) < 4.78 is 0. The van der Waals surface area contributed by atoms with Crippen molar-refractivity contribution < 1.29 is 9.90 Å². The Morgan fingerprint density at radius 2 is 1.81 bits per heavy atom. The number of aliphatic hydroxyl groups is 1. The number of aliphatic hydroxyl groups excluding tert-OH is 1. The fourth-order valence-corrected chi connectivity index (χ4v) is 2.57. The van der Waals surface area contributed by atoms with Gasteiger partial charge in [-0.05, 0) is 19.3 Å². The van der Waals surface area contributed by atoms with Gasteiger partial charge >= 0.3 is 0 Å². The second kappa shape index (κ2) is 5.64. The third kappa shape index (κ3) is 3.19. The average Bonchev–Trinajstić information content (AvgIpc) is 2.56. The average molecular weight is 226 g/mol. The van der Waals surface area contributed by atoms with Crippen molar-refractivity contribution in [2.45, 2.75) is 38.2 Å². The minimum atomic E-state index is -0.225. The SMILES string of the molecule is O=C(CN1CC[C@@H](O)C1)N1CCCCCC1. The summed E-state index contributed by atoms with van der Waals surface area (Å²) in [6.07, 6.45) is 5.39. The summed E-state index contributed by atoms with van der Waals surface area (Å²) >= 11 is 0. The number of nitrogens with zero attached hydrogens (tertiary/aromatic N) is 2. The molecule has 92 valence electrons. The van der Waals surface area contributed by atoms with E-state index in [4.69, 9.17) is 0 Å². The Morgan fingerprint density at radius 3 is 2.38 bits per heavy atom. The molecule has 0 radical (unpaired) electrons. The molecule has 2 fully saturated rings. The smallest absolute Gasteiger partial charge is 0.236 e. The molecule has 2 saturated heterocycles. The molecule has 4 nitrogen and oxygen atoms in total. The molecule has 0 aromatic rings. The molecule has 0 aliphatic carbocycles. The zero-order chi connectivity index (χ0) is 11.4. The van der Waals surface area contributed by atoms with Crippen LogP contribution in [0.15, 0.2) is 0 Å². The van der Waals surface area contributed by atoms with Gasteiger partial charge in [-0.3, -0.25) is 9.69 Å². The van der Waals surface area contributed by atoms with Crippen LogP contribution in [-0.4, -0.2) is 59.6 Å². The van der Waals surface area contributed by atoms with Gasteiger partial charge in [-0.15, -0.1) is 0 Å².